The Kier molecular flexibility index (Phi) is 11.1. The summed E-state index contributed by atoms with van der Waals surface area (Å²) in [5, 5.41) is 16.7. The van der Waals surface area contributed by atoms with E-state index in [-0.39, 0.29) is 31.0 Å². The number of carboxylic acid groups (broad SMARTS) is 2. The molecule has 1 atom stereocenters. The van der Waals surface area contributed by atoms with Crippen LogP contribution in [0.1, 0.15) is 58.5 Å². The van der Waals surface area contributed by atoms with Gasteiger partial charge in [0.05, 0.1) is 6.42 Å². The number of hydrogen-bond acceptors (Lipinski definition) is 4. The fourth-order valence-electron chi connectivity index (χ4n) is 2.94. The molecule has 0 heterocycles. The van der Waals surface area contributed by atoms with Crippen LogP contribution in [0.5, 0.6) is 0 Å². The summed E-state index contributed by atoms with van der Waals surface area (Å²) in [6.07, 6.45) is -1.16. The van der Waals surface area contributed by atoms with Gasteiger partial charge in [0.2, 0.25) is 0 Å². The first-order valence-electron chi connectivity index (χ1n) is 8.78. The molecule has 0 aliphatic carbocycles. The second-order valence-electron chi connectivity index (χ2n) is 7.04. The molecular formula is C20H27NaO7S. The molecule has 2 rings (SSSR count). The number of fused-ring (bicyclic) bond motifs is 1. The molecule has 0 aliphatic rings. The van der Waals surface area contributed by atoms with Crippen molar-refractivity contribution in [3.05, 3.63) is 47.5 Å². The molecule has 3 N–H and O–H groups in total. The maximum absolute atomic E-state index is 10.2. The number of rotatable bonds is 6. The Bertz CT molecular complexity index is 959. The molecule has 7 nitrogen and oxygen atoms in total. The van der Waals surface area contributed by atoms with E-state index in [1.807, 2.05) is 0 Å². The van der Waals surface area contributed by atoms with Crippen molar-refractivity contribution in [2.75, 3.05) is 0 Å². The quantitative estimate of drug-likeness (QED) is 0.457. The van der Waals surface area contributed by atoms with Crippen LogP contribution in [0, 0.1) is 0 Å². The van der Waals surface area contributed by atoms with Crippen molar-refractivity contribution in [2.24, 2.45) is 0 Å². The fraction of sp³-hybridized carbons (Fsp3) is 0.400. The van der Waals surface area contributed by atoms with Crippen LogP contribution < -0.4 is 29.6 Å². The zero-order chi connectivity index (χ0) is 21.6. The van der Waals surface area contributed by atoms with Crippen LogP contribution in [0.2, 0.25) is 0 Å². The van der Waals surface area contributed by atoms with Crippen molar-refractivity contribution in [1.29, 1.82) is 0 Å². The van der Waals surface area contributed by atoms with Crippen LogP contribution in [-0.4, -0.2) is 40.4 Å². The van der Waals surface area contributed by atoms with Gasteiger partial charge < -0.3 is 11.6 Å². The van der Waals surface area contributed by atoms with Crippen LogP contribution in [0.15, 0.2) is 36.4 Å². The third-order valence-electron chi connectivity index (χ3n) is 4.20. The largest absolute Gasteiger partial charge is 1.00 e. The molecule has 0 radical (unpaired) electrons. The third kappa shape index (κ3) is 8.06. The van der Waals surface area contributed by atoms with Crippen molar-refractivity contribution in [3.8, 4) is 0 Å². The van der Waals surface area contributed by atoms with E-state index in [1.54, 1.807) is 0 Å². The first-order valence-corrected chi connectivity index (χ1v) is 10.3. The Morgan fingerprint density at radius 2 is 1.52 bits per heavy atom. The Morgan fingerprint density at radius 1 is 0.966 bits per heavy atom. The van der Waals surface area contributed by atoms with Crippen LogP contribution in [0.3, 0.4) is 0 Å². The summed E-state index contributed by atoms with van der Waals surface area (Å²) in [7, 11) is -4.84. The molecule has 9 heteroatoms. The molecule has 1 unspecified atom stereocenters. The van der Waals surface area contributed by atoms with Gasteiger partial charge in [-0.1, -0.05) is 64.1 Å². The van der Waals surface area contributed by atoms with Crippen LogP contribution in [0.25, 0.3) is 10.8 Å². The minimum absolute atomic E-state index is 0. The molecule has 2 aromatic carbocycles. The molecule has 156 valence electrons. The Balaban J connectivity index is 0. The third-order valence-corrected chi connectivity index (χ3v) is 5.29. The second kappa shape index (κ2) is 11.7. The maximum Gasteiger partial charge on any atom is 1.00 e. The molecule has 0 saturated carbocycles. The summed E-state index contributed by atoms with van der Waals surface area (Å²) < 4.78 is 28.7. The standard InChI is InChI=1S/C16H20.C4H6O7S.Na.H/c1-11(2)14-10-9-13-7-5-6-8-15(13)16(14)12(3)4;5-3(6)1-2(4(7)8)12(9,10)11;;/h5-12H,1-4H3;2H,1H2,(H,5,6)(H,7,8)(H,9,10,11);;/q;;+1;-1. The summed E-state index contributed by atoms with van der Waals surface area (Å²) in [4.78, 5) is 20.0. The Morgan fingerprint density at radius 3 is 1.90 bits per heavy atom. The van der Waals surface area contributed by atoms with Gasteiger partial charge in [-0.3, -0.25) is 14.1 Å². The van der Waals surface area contributed by atoms with E-state index in [2.05, 4.69) is 64.1 Å². The van der Waals surface area contributed by atoms with Gasteiger partial charge in [-0.2, -0.15) is 8.42 Å². The maximum atomic E-state index is 10.2. The number of carbonyl (C=O) groups is 2. The van der Waals surface area contributed by atoms with E-state index in [4.69, 9.17) is 14.8 Å². The smallest absolute Gasteiger partial charge is 1.00 e. The van der Waals surface area contributed by atoms with Crippen molar-refractivity contribution in [1.82, 2.24) is 0 Å². The Labute approximate surface area is 194 Å². The summed E-state index contributed by atoms with van der Waals surface area (Å²) in [5.74, 6) is -2.31. The van der Waals surface area contributed by atoms with E-state index in [1.165, 1.54) is 21.9 Å². The topological polar surface area (TPSA) is 129 Å². The van der Waals surface area contributed by atoms with Gasteiger partial charge in [0.25, 0.3) is 10.1 Å². The van der Waals surface area contributed by atoms with E-state index in [0.29, 0.717) is 11.8 Å². The van der Waals surface area contributed by atoms with Gasteiger partial charge in [0.1, 0.15) is 0 Å². The van der Waals surface area contributed by atoms with Crippen LogP contribution in [0.4, 0.5) is 0 Å². The molecule has 0 saturated heterocycles. The molecule has 0 bridgehead atoms. The van der Waals surface area contributed by atoms with Gasteiger partial charge in [-0.05, 0) is 33.7 Å². The summed E-state index contributed by atoms with van der Waals surface area (Å²) >= 11 is 0. The van der Waals surface area contributed by atoms with Crippen molar-refractivity contribution in [2.45, 2.75) is 51.2 Å². The van der Waals surface area contributed by atoms with Gasteiger partial charge >= 0.3 is 41.5 Å². The van der Waals surface area contributed by atoms with Gasteiger partial charge in [-0.15, -0.1) is 0 Å². The van der Waals surface area contributed by atoms with Crippen molar-refractivity contribution >= 4 is 32.8 Å². The van der Waals surface area contributed by atoms with Crippen molar-refractivity contribution < 1.29 is 63.8 Å². The second-order valence-corrected chi connectivity index (χ2v) is 8.64. The minimum Gasteiger partial charge on any atom is -1.00 e. The summed E-state index contributed by atoms with van der Waals surface area (Å²) in [6, 6.07) is 13.2. The van der Waals surface area contributed by atoms with Crippen molar-refractivity contribution in [3.63, 3.8) is 0 Å². The van der Waals surface area contributed by atoms with Gasteiger partial charge in [0.15, 0.2) is 5.25 Å². The van der Waals surface area contributed by atoms with E-state index < -0.39 is 33.7 Å². The molecular weight excluding hydrogens is 407 g/mol. The zero-order valence-corrected chi connectivity index (χ0v) is 20.1. The number of benzene rings is 2. The number of aliphatic carboxylic acids is 2. The molecule has 0 aromatic heterocycles. The summed E-state index contributed by atoms with van der Waals surface area (Å²) in [5.41, 5.74) is 3.02. The zero-order valence-electron chi connectivity index (χ0n) is 18.3. The molecule has 0 amide bonds. The SMILES string of the molecule is CC(C)c1ccc2ccccc2c1C(C)C.O=C(O)CC(C(=O)O)S(=O)(=O)O.[H-].[Na+]. The minimum atomic E-state index is -4.84. The van der Waals surface area contributed by atoms with Gasteiger partial charge in [0, 0.05) is 0 Å². The normalized spacial score (nSPS) is 12.1. The van der Waals surface area contributed by atoms with Gasteiger partial charge in [-0.25, -0.2) is 0 Å². The predicted octanol–water partition coefficient (Wildman–Crippen LogP) is 1.01. The van der Waals surface area contributed by atoms with E-state index in [9.17, 15) is 18.0 Å². The molecule has 2 aromatic rings. The number of hydrogen-bond donors (Lipinski definition) is 3. The number of carboxylic acids is 2. The summed E-state index contributed by atoms with van der Waals surface area (Å²) in [6.45, 7) is 9.12. The average molecular weight is 434 g/mol. The Hall–Kier alpha value is -1.45. The molecule has 29 heavy (non-hydrogen) atoms. The molecule has 0 fully saturated rings. The predicted molar refractivity (Wildman–Crippen MR) is 108 cm³/mol. The monoisotopic (exact) mass is 434 g/mol. The average Bonchev–Trinajstić information content (AvgIpc) is 2.57. The fourth-order valence-corrected chi connectivity index (χ4v) is 3.55. The van der Waals surface area contributed by atoms with Crippen LogP contribution >= 0.6 is 0 Å². The molecule has 0 spiro atoms. The molecule has 0 aliphatic heterocycles. The van der Waals surface area contributed by atoms with E-state index >= 15 is 0 Å². The first kappa shape index (κ1) is 27.5. The van der Waals surface area contributed by atoms with E-state index in [0.717, 1.165) is 0 Å². The first-order chi connectivity index (χ1) is 12.9. The van der Waals surface area contributed by atoms with Crippen LogP contribution in [-0.2, 0) is 19.7 Å².